The Morgan fingerprint density at radius 3 is 0.866 bits per heavy atom. The lowest BCUT2D eigenvalue weighted by molar-refractivity contribution is -0.161. The van der Waals surface area contributed by atoms with Crippen molar-refractivity contribution in [2.75, 3.05) is 39.6 Å². The van der Waals surface area contributed by atoms with Gasteiger partial charge < -0.3 is 33.8 Å². The van der Waals surface area contributed by atoms with Crippen LogP contribution in [-0.4, -0.2) is 96.7 Å². The van der Waals surface area contributed by atoms with Crippen LogP contribution in [0.4, 0.5) is 0 Å². The Morgan fingerprint density at radius 1 is 0.341 bits per heavy atom. The van der Waals surface area contributed by atoms with Gasteiger partial charge >= 0.3 is 39.5 Å². The molecule has 82 heavy (non-hydrogen) atoms. The Kier molecular flexibility index (Phi) is 52.0. The normalized spacial score (nSPS) is 15.1. The highest BCUT2D eigenvalue weighted by Gasteiger charge is 2.30. The summed E-state index contributed by atoms with van der Waals surface area (Å²) in [6, 6.07) is 0. The van der Waals surface area contributed by atoms with Gasteiger partial charge in [0.05, 0.1) is 26.4 Å². The van der Waals surface area contributed by atoms with Gasteiger partial charge in [-0.25, -0.2) is 9.13 Å². The highest BCUT2D eigenvalue weighted by Crippen LogP contribution is 2.45. The molecule has 0 aromatic carbocycles. The highest BCUT2D eigenvalue weighted by molar-refractivity contribution is 7.47. The predicted octanol–water partition coefficient (Wildman–Crippen LogP) is 17.0. The van der Waals surface area contributed by atoms with E-state index in [0.717, 1.165) is 120 Å². The molecule has 0 amide bonds. The lowest BCUT2D eigenvalue weighted by atomic mass is 10.00. The molecule has 17 nitrogen and oxygen atoms in total. The second-order valence-electron chi connectivity index (χ2n) is 24.2. The topological polar surface area (TPSA) is 237 Å². The van der Waals surface area contributed by atoms with E-state index in [0.29, 0.717) is 25.7 Å². The molecule has 0 aliphatic heterocycles. The molecule has 0 radical (unpaired) electrons. The van der Waals surface area contributed by atoms with E-state index in [9.17, 15) is 43.2 Å². The third kappa shape index (κ3) is 54.7. The predicted molar refractivity (Wildman–Crippen MR) is 326 cm³/mol. The maximum Gasteiger partial charge on any atom is 0.472 e. The van der Waals surface area contributed by atoms with E-state index >= 15 is 0 Å². The van der Waals surface area contributed by atoms with Gasteiger partial charge in [0.1, 0.15) is 19.3 Å². The Morgan fingerprint density at radius 2 is 0.585 bits per heavy atom. The van der Waals surface area contributed by atoms with Crippen LogP contribution in [0.1, 0.15) is 299 Å². The average Bonchev–Trinajstić information content (AvgIpc) is 3.45. The lowest BCUT2D eigenvalue weighted by Crippen LogP contribution is -2.30. The molecule has 0 bridgehead atoms. The van der Waals surface area contributed by atoms with Gasteiger partial charge in [0, 0.05) is 25.7 Å². The fourth-order valence-corrected chi connectivity index (χ4v) is 10.8. The first-order valence-electron chi connectivity index (χ1n) is 32.8. The summed E-state index contributed by atoms with van der Waals surface area (Å²) in [4.78, 5) is 72.1. The number of unbranched alkanes of at least 4 members (excludes halogenated alkanes) is 24. The van der Waals surface area contributed by atoms with Crippen LogP contribution in [0.3, 0.4) is 0 Å². The van der Waals surface area contributed by atoms with E-state index < -0.39 is 97.5 Å². The maximum atomic E-state index is 13.0. The molecule has 7 atom stereocenters. The molecule has 0 fully saturated rings. The minimum atomic E-state index is -4.94. The molecule has 0 saturated carbocycles. The van der Waals surface area contributed by atoms with Crippen molar-refractivity contribution in [2.45, 2.75) is 318 Å². The fourth-order valence-electron chi connectivity index (χ4n) is 9.19. The zero-order valence-electron chi connectivity index (χ0n) is 53.1. The van der Waals surface area contributed by atoms with Gasteiger partial charge in [-0.3, -0.25) is 37.3 Å². The summed E-state index contributed by atoms with van der Waals surface area (Å²) in [5.41, 5.74) is 0. The molecule has 5 unspecified atom stereocenters. The number of hydrogen-bond acceptors (Lipinski definition) is 15. The number of rotatable bonds is 60. The molecule has 0 heterocycles. The van der Waals surface area contributed by atoms with E-state index in [1.807, 2.05) is 0 Å². The Bertz CT molecular complexity index is 1650. The van der Waals surface area contributed by atoms with Gasteiger partial charge in [-0.05, 0) is 49.4 Å². The zero-order valence-corrected chi connectivity index (χ0v) is 54.9. The van der Waals surface area contributed by atoms with Crippen LogP contribution in [0.5, 0.6) is 0 Å². The summed E-state index contributed by atoms with van der Waals surface area (Å²) in [5, 5.41) is 10.5. The van der Waals surface area contributed by atoms with Crippen molar-refractivity contribution in [3.8, 4) is 0 Å². The first kappa shape index (κ1) is 80.1. The number of carbonyl (C=O) groups excluding carboxylic acids is 4. The summed E-state index contributed by atoms with van der Waals surface area (Å²) >= 11 is 0. The molecule has 0 aliphatic rings. The second kappa shape index (κ2) is 53.3. The Hall–Kier alpha value is -1.94. The van der Waals surface area contributed by atoms with Gasteiger partial charge in [0.15, 0.2) is 12.2 Å². The van der Waals surface area contributed by atoms with Crippen LogP contribution in [0.25, 0.3) is 0 Å². The van der Waals surface area contributed by atoms with Crippen LogP contribution >= 0.6 is 15.6 Å². The van der Waals surface area contributed by atoms with Crippen molar-refractivity contribution in [3.05, 3.63) is 0 Å². The smallest absolute Gasteiger partial charge is 0.462 e. The SMILES string of the molecule is CCC(C)CCCCCCCCC(=O)OC[C@H](COP(=O)(O)OCC(O)COP(=O)(O)OC[C@@H](COC(=O)CCCCCCCCCCC(C)C)OC(=O)CCCCCCCCCCC(C)C)OC(=O)CCCCCCCCC(C)CC. The van der Waals surface area contributed by atoms with E-state index in [1.54, 1.807) is 0 Å². The van der Waals surface area contributed by atoms with Gasteiger partial charge in [-0.15, -0.1) is 0 Å². The Balaban J connectivity index is 5.27. The standard InChI is InChI=1S/C63H122O17P2/c1-9-55(7)41-33-25-19-21-28-36-44-61(66)74-50-59(80-63(68)46-38-30-22-20-26-34-42-56(8)10-2)52-78-82(71,72)76-48-57(64)47-75-81(69,70)77-51-58(79-62(67)45-37-29-18-14-12-16-24-32-40-54(5)6)49-73-60(65)43-35-27-17-13-11-15-23-31-39-53(3)4/h53-59,64H,9-52H2,1-8H3,(H,69,70)(H,71,72)/t55?,56?,57?,58-,59-/m1/s1. The summed E-state index contributed by atoms with van der Waals surface area (Å²) in [6.07, 6.45) is 32.2. The summed E-state index contributed by atoms with van der Waals surface area (Å²) < 4.78 is 67.9. The van der Waals surface area contributed by atoms with Crippen molar-refractivity contribution in [1.82, 2.24) is 0 Å². The van der Waals surface area contributed by atoms with E-state index in [4.69, 9.17) is 37.0 Å². The van der Waals surface area contributed by atoms with Gasteiger partial charge in [-0.1, -0.05) is 248 Å². The molecule has 0 saturated heterocycles. The first-order valence-corrected chi connectivity index (χ1v) is 35.8. The zero-order chi connectivity index (χ0) is 61.1. The molecule has 0 rings (SSSR count). The molecule has 0 aliphatic carbocycles. The fraction of sp³-hybridized carbons (Fsp3) is 0.937. The Labute approximate surface area is 498 Å². The minimum Gasteiger partial charge on any atom is -0.462 e. The largest absolute Gasteiger partial charge is 0.472 e. The number of carbonyl (C=O) groups is 4. The molecule has 19 heteroatoms. The van der Waals surface area contributed by atoms with E-state index in [1.165, 1.54) is 96.3 Å². The van der Waals surface area contributed by atoms with Crippen LogP contribution in [-0.2, 0) is 65.4 Å². The third-order valence-corrected chi connectivity index (χ3v) is 16.9. The number of aliphatic hydroxyl groups excluding tert-OH is 1. The number of ether oxygens (including phenoxy) is 4. The molecular weight excluding hydrogens is 1090 g/mol. The molecule has 0 spiro atoms. The van der Waals surface area contributed by atoms with Crippen LogP contribution < -0.4 is 0 Å². The number of esters is 4. The van der Waals surface area contributed by atoms with Crippen molar-refractivity contribution in [3.63, 3.8) is 0 Å². The van der Waals surface area contributed by atoms with Gasteiger partial charge in [-0.2, -0.15) is 0 Å². The monoisotopic (exact) mass is 1210 g/mol. The summed E-state index contributed by atoms with van der Waals surface area (Å²) in [7, 11) is -9.89. The maximum absolute atomic E-state index is 13.0. The number of phosphoric ester groups is 2. The van der Waals surface area contributed by atoms with Crippen molar-refractivity contribution in [1.29, 1.82) is 0 Å². The van der Waals surface area contributed by atoms with Gasteiger partial charge in [0.25, 0.3) is 0 Å². The summed E-state index contributed by atoms with van der Waals surface area (Å²) in [6.45, 7) is 13.9. The van der Waals surface area contributed by atoms with Crippen LogP contribution in [0, 0.1) is 23.7 Å². The van der Waals surface area contributed by atoms with Crippen molar-refractivity contribution < 1.29 is 80.2 Å². The minimum absolute atomic E-state index is 0.101. The molecular formula is C63H122O17P2. The van der Waals surface area contributed by atoms with Crippen LogP contribution in [0.15, 0.2) is 0 Å². The first-order chi connectivity index (χ1) is 39.2. The quantitative estimate of drug-likeness (QED) is 0.0222. The molecule has 3 N–H and O–H groups in total. The van der Waals surface area contributed by atoms with Crippen molar-refractivity contribution >= 4 is 39.5 Å². The second-order valence-corrected chi connectivity index (χ2v) is 27.1. The number of aliphatic hydroxyl groups is 1. The lowest BCUT2D eigenvalue weighted by Gasteiger charge is -2.21. The van der Waals surface area contributed by atoms with Gasteiger partial charge in [0.2, 0.25) is 0 Å². The summed E-state index contributed by atoms with van der Waals surface area (Å²) in [5.74, 6) is 0.751. The van der Waals surface area contributed by atoms with E-state index in [-0.39, 0.29) is 25.7 Å². The number of hydrogen-bond donors (Lipinski definition) is 3. The highest BCUT2D eigenvalue weighted by atomic mass is 31.2. The van der Waals surface area contributed by atoms with Crippen LogP contribution in [0.2, 0.25) is 0 Å². The third-order valence-electron chi connectivity index (χ3n) is 15.0. The molecule has 0 aromatic heterocycles. The number of phosphoric acid groups is 2. The van der Waals surface area contributed by atoms with E-state index in [2.05, 4.69) is 55.4 Å². The average molecular weight is 1210 g/mol. The molecule has 0 aromatic rings. The van der Waals surface area contributed by atoms with Crippen molar-refractivity contribution in [2.24, 2.45) is 23.7 Å². The molecule has 486 valence electrons.